The van der Waals surface area contributed by atoms with Crippen LogP contribution in [0, 0.1) is 0 Å². The number of amides is 3. The normalized spacial score (nSPS) is 17.6. The average molecular weight is 600 g/mol. The van der Waals surface area contributed by atoms with E-state index in [4.69, 9.17) is 9.47 Å². The van der Waals surface area contributed by atoms with Crippen LogP contribution in [0.5, 0.6) is 11.5 Å². The van der Waals surface area contributed by atoms with Crippen LogP contribution < -0.4 is 20.1 Å². The Hall–Kier alpha value is -4.90. The highest BCUT2D eigenvalue weighted by atomic mass is 16.5. The number of aromatic amines is 1. The number of methoxy groups -OCH3 is 1. The topological polar surface area (TPSA) is 146 Å². The van der Waals surface area contributed by atoms with E-state index in [1.807, 2.05) is 42.5 Å². The predicted molar refractivity (Wildman–Crippen MR) is 165 cm³/mol. The fourth-order valence-corrected chi connectivity index (χ4v) is 5.43. The van der Waals surface area contributed by atoms with Crippen molar-refractivity contribution in [2.75, 3.05) is 33.4 Å². The lowest BCUT2D eigenvalue weighted by Crippen LogP contribution is -2.55. The minimum atomic E-state index is -1.19. The SMILES string of the molecule is COc1ccc2cc1OCCCN(C(=O)c1ccncc1)CC(=O)N[C@@H]([C@@H](C)O)C(=O)NCCc1c([nH]c3ccccc13)C2. The molecule has 2 bridgehead atoms. The van der Waals surface area contributed by atoms with Crippen molar-refractivity contribution in [2.45, 2.75) is 38.3 Å². The number of nitrogens with one attached hydrogen (secondary N) is 3. The third kappa shape index (κ3) is 7.17. The largest absolute Gasteiger partial charge is 0.493 e. The van der Waals surface area contributed by atoms with Crippen LogP contribution in [-0.4, -0.2) is 83.2 Å². The van der Waals surface area contributed by atoms with E-state index in [2.05, 4.69) is 20.6 Å². The van der Waals surface area contributed by atoms with E-state index < -0.39 is 24.0 Å². The second kappa shape index (κ2) is 14.0. The Morgan fingerprint density at radius 1 is 1.14 bits per heavy atom. The van der Waals surface area contributed by atoms with Crippen LogP contribution in [0.15, 0.2) is 67.0 Å². The fourth-order valence-electron chi connectivity index (χ4n) is 5.43. The number of nitrogens with zero attached hydrogens (tertiary/aromatic N) is 2. The first-order valence-corrected chi connectivity index (χ1v) is 14.7. The van der Waals surface area contributed by atoms with Crippen LogP contribution in [0.3, 0.4) is 0 Å². The summed E-state index contributed by atoms with van der Waals surface area (Å²) in [4.78, 5) is 48.5. The minimum Gasteiger partial charge on any atom is -0.493 e. The summed E-state index contributed by atoms with van der Waals surface area (Å²) in [7, 11) is 1.58. The van der Waals surface area contributed by atoms with Crippen LogP contribution in [0.4, 0.5) is 0 Å². The van der Waals surface area contributed by atoms with Crippen molar-refractivity contribution in [1.29, 1.82) is 0 Å². The molecular formula is C33H37N5O6. The number of ether oxygens (including phenoxy) is 2. The summed E-state index contributed by atoms with van der Waals surface area (Å²) in [5.74, 6) is -0.266. The quantitative estimate of drug-likeness (QED) is 0.283. The molecule has 5 rings (SSSR count). The molecule has 230 valence electrons. The number of carbonyl (C=O) groups excluding carboxylic acids is 3. The van der Waals surface area contributed by atoms with Crippen molar-refractivity contribution >= 4 is 28.6 Å². The Balaban J connectivity index is 1.45. The molecule has 4 N–H and O–H groups in total. The van der Waals surface area contributed by atoms with Crippen molar-refractivity contribution in [3.8, 4) is 11.5 Å². The molecule has 3 heterocycles. The summed E-state index contributed by atoms with van der Waals surface area (Å²) >= 11 is 0. The molecular weight excluding hydrogens is 562 g/mol. The van der Waals surface area contributed by atoms with E-state index in [1.54, 1.807) is 19.2 Å². The van der Waals surface area contributed by atoms with Gasteiger partial charge in [-0.15, -0.1) is 0 Å². The monoisotopic (exact) mass is 599 g/mol. The summed E-state index contributed by atoms with van der Waals surface area (Å²) in [6, 6.07) is 15.8. The third-order valence-electron chi connectivity index (χ3n) is 7.65. The summed E-state index contributed by atoms with van der Waals surface area (Å²) < 4.78 is 11.7. The number of hydrogen-bond donors (Lipinski definition) is 4. The van der Waals surface area contributed by atoms with Crippen molar-refractivity contribution < 1.29 is 29.0 Å². The van der Waals surface area contributed by atoms with Gasteiger partial charge in [0.2, 0.25) is 11.8 Å². The van der Waals surface area contributed by atoms with Crippen LogP contribution in [0.1, 0.15) is 40.5 Å². The van der Waals surface area contributed by atoms with E-state index in [9.17, 15) is 19.5 Å². The highest BCUT2D eigenvalue weighted by Crippen LogP contribution is 2.31. The number of aromatic nitrogens is 2. The van der Waals surface area contributed by atoms with Gasteiger partial charge in [-0.1, -0.05) is 24.3 Å². The van der Waals surface area contributed by atoms with Crippen LogP contribution >= 0.6 is 0 Å². The Kier molecular flexibility index (Phi) is 9.75. The van der Waals surface area contributed by atoms with E-state index in [0.29, 0.717) is 36.3 Å². The Morgan fingerprint density at radius 3 is 2.70 bits per heavy atom. The number of pyridine rings is 1. The third-order valence-corrected chi connectivity index (χ3v) is 7.65. The number of para-hydroxylation sites is 1. The second-order valence-corrected chi connectivity index (χ2v) is 10.8. The highest BCUT2D eigenvalue weighted by Gasteiger charge is 2.28. The number of aliphatic hydroxyl groups excluding tert-OH is 1. The predicted octanol–water partition coefficient (Wildman–Crippen LogP) is 2.61. The zero-order valence-electron chi connectivity index (χ0n) is 24.8. The number of benzene rings is 2. The van der Waals surface area contributed by atoms with Gasteiger partial charge in [0.25, 0.3) is 5.91 Å². The van der Waals surface area contributed by atoms with Gasteiger partial charge >= 0.3 is 0 Å². The summed E-state index contributed by atoms with van der Waals surface area (Å²) in [5, 5.41) is 16.9. The van der Waals surface area contributed by atoms with Gasteiger partial charge in [-0.3, -0.25) is 19.4 Å². The molecule has 2 atom stereocenters. The second-order valence-electron chi connectivity index (χ2n) is 10.8. The molecule has 4 aromatic rings. The van der Waals surface area contributed by atoms with E-state index in [1.165, 1.54) is 24.2 Å². The molecule has 0 unspecified atom stereocenters. The van der Waals surface area contributed by atoms with Crippen LogP contribution in [0.25, 0.3) is 10.9 Å². The number of rotatable bonds is 3. The number of hydrogen-bond acceptors (Lipinski definition) is 7. The molecule has 11 nitrogen and oxygen atoms in total. The maximum absolute atomic E-state index is 13.3. The van der Waals surface area contributed by atoms with Gasteiger partial charge in [0.1, 0.15) is 6.04 Å². The lowest BCUT2D eigenvalue weighted by Gasteiger charge is -2.25. The first-order chi connectivity index (χ1) is 21.3. The van der Waals surface area contributed by atoms with Gasteiger partial charge < -0.3 is 35.1 Å². The molecule has 3 amide bonds. The van der Waals surface area contributed by atoms with E-state index >= 15 is 0 Å². The average Bonchev–Trinajstić information content (AvgIpc) is 3.37. The van der Waals surface area contributed by atoms with Gasteiger partial charge in [-0.2, -0.15) is 0 Å². The smallest absolute Gasteiger partial charge is 0.254 e. The Labute approximate surface area is 255 Å². The Bertz CT molecular complexity index is 1620. The fraction of sp³-hybridized carbons (Fsp3) is 0.333. The van der Waals surface area contributed by atoms with E-state index in [0.717, 1.165) is 27.7 Å². The van der Waals surface area contributed by atoms with Crippen LogP contribution in [0.2, 0.25) is 0 Å². The van der Waals surface area contributed by atoms with Gasteiger partial charge in [-0.05, 0) is 61.2 Å². The molecule has 11 heteroatoms. The van der Waals surface area contributed by atoms with Gasteiger partial charge in [-0.25, -0.2) is 0 Å². The summed E-state index contributed by atoms with van der Waals surface area (Å²) in [6.07, 6.45) is 3.40. The van der Waals surface area contributed by atoms with E-state index in [-0.39, 0.29) is 32.1 Å². The number of aliphatic hydroxyl groups is 1. The van der Waals surface area contributed by atoms with Gasteiger partial charge in [0.15, 0.2) is 11.5 Å². The lowest BCUT2D eigenvalue weighted by molar-refractivity contribution is -0.131. The molecule has 44 heavy (non-hydrogen) atoms. The van der Waals surface area contributed by atoms with Gasteiger partial charge in [0.05, 0.1) is 26.4 Å². The molecule has 0 radical (unpaired) electrons. The summed E-state index contributed by atoms with van der Waals surface area (Å²) in [5.41, 5.74) is 4.46. The highest BCUT2D eigenvalue weighted by molar-refractivity contribution is 5.97. The molecule has 0 aliphatic carbocycles. The zero-order valence-corrected chi connectivity index (χ0v) is 24.8. The molecule has 1 aliphatic rings. The lowest BCUT2D eigenvalue weighted by atomic mass is 10.0. The van der Waals surface area contributed by atoms with Crippen molar-refractivity contribution in [2.24, 2.45) is 0 Å². The first-order valence-electron chi connectivity index (χ1n) is 14.7. The van der Waals surface area contributed by atoms with Gasteiger partial charge in [0, 0.05) is 54.1 Å². The van der Waals surface area contributed by atoms with Crippen LogP contribution in [-0.2, 0) is 22.4 Å². The van der Waals surface area contributed by atoms with Crippen molar-refractivity contribution in [1.82, 2.24) is 25.5 Å². The number of carbonyl (C=O) groups is 3. The number of fused-ring (bicyclic) bond motifs is 5. The first kappa shape index (κ1) is 30.6. The molecule has 2 aromatic heterocycles. The van der Waals surface area contributed by atoms with Crippen molar-refractivity contribution in [3.63, 3.8) is 0 Å². The standard InChI is InChI=1S/C33H37N5O6/c1-21(39)31-32(41)35-15-12-25-24-6-3-4-7-26(24)36-27(25)18-22-8-9-28(43-2)29(19-22)44-17-5-16-38(20-30(40)37-31)33(42)23-10-13-34-14-11-23/h3-4,6-11,13-14,19,21,31,36,39H,5,12,15-18,20H2,1-2H3,(H,35,41)(H,37,40)/t21-,31+/m1/s1. The molecule has 0 fully saturated rings. The molecule has 0 saturated heterocycles. The van der Waals surface area contributed by atoms with Crippen molar-refractivity contribution in [3.05, 3.63) is 89.4 Å². The Morgan fingerprint density at radius 2 is 1.93 bits per heavy atom. The number of H-pyrrole nitrogens is 1. The summed E-state index contributed by atoms with van der Waals surface area (Å²) in [6.45, 7) is 1.89. The molecule has 2 aromatic carbocycles. The molecule has 0 saturated carbocycles. The molecule has 1 aliphatic heterocycles. The maximum atomic E-state index is 13.3. The minimum absolute atomic E-state index is 0.209. The maximum Gasteiger partial charge on any atom is 0.254 e. The zero-order chi connectivity index (χ0) is 31.1. The molecule has 0 spiro atoms.